The lowest BCUT2D eigenvalue weighted by molar-refractivity contribution is -0.138. The van der Waals surface area contributed by atoms with Gasteiger partial charge in [-0.1, -0.05) is 18.2 Å². The van der Waals surface area contributed by atoms with Gasteiger partial charge in [0.25, 0.3) is 0 Å². The molecule has 1 aromatic carbocycles. The molecule has 106 valence electrons. The number of nitrogens with zero attached hydrogens (tertiary/aromatic N) is 3. The largest absolute Gasteiger partial charge is 0.416 e. The molecule has 1 aliphatic rings. The Hall–Kier alpha value is -1.85. The van der Waals surface area contributed by atoms with Gasteiger partial charge in [0, 0.05) is 19.4 Å². The fourth-order valence-corrected chi connectivity index (χ4v) is 2.62. The predicted octanol–water partition coefficient (Wildman–Crippen LogP) is 3.22. The quantitative estimate of drug-likeness (QED) is 0.846. The Morgan fingerprint density at radius 1 is 1.10 bits per heavy atom. The van der Waals surface area contributed by atoms with Crippen molar-refractivity contribution in [3.05, 3.63) is 47.0 Å². The first-order valence-corrected chi connectivity index (χ1v) is 6.62. The molecule has 0 saturated carbocycles. The first kappa shape index (κ1) is 13.1. The van der Waals surface area contributed by atoms with Crippen molar-refractivity contribution in [3.8, 4) is 0 Å². The van der Waals surface area contributed by atoms with Crippen LogP contribution < -0.4 is 0 Å². The minimum Gasteiger partial charge on any atom is -0.315 e. The van der Waals surface area contributed by atoms with Gasteiger partial charge in [-0.2, -0.15) is 13.2 Å². The third-order valence-electron chi connectivity index (χ3n) is 3.61. The van der Waals surface area contributed by atoms with E-state index in [4.69, 9.17) is 0 Å². The second-order valence-electron chi connectivity index (χ2n) is 4.97. The van der Waals surface area contributed by atoms with Crippen LogP contribution in [0.4, 0.5) is 13.2 Å². The van der Waals surface area contributed by atoms with Crippen LogP contribution in [0.15, 0.2) is 24.3 Å². The highest BCUT2D eigenvalue weighted by Gasteiger charge is 2.33. The molecule has 2 aromatic rings. The van der Waals surface area contributed by atoms with Gasteiger partial charge in [0.2, 0.25) is 0 Å². The van der Waals surface area contributed by atoms with Crippen molar-refractivity contribution in [2.45, 2.75) is 38.4 Å². The van der Waals surface area contributed by atoms with E-state index < -0.39 is 11.7 Å². The Morgan fingerprint density at radius 2 is 1.90 bits per heavy atom. The Bertz CT molecular complexity index is 616. The van der Waals surface area contributed by atoms with E-state index in [9.17, 15) is 13.2 Å². The van der Waals surface area contributed by atoms with E-state index >= 15 is 0 Å². The minimum absolute atomic E-state index is 0.169. The molecule has 0 N–H and O–H groups in total. The van der Waals surface area contributed by atoms with E-state index in [1.165, 1.54) is 12.1 Å². The zero-order chi connectivity index (χ0) is 14.2. The normalized spacial score (nSPS) is 15.2. The van der Waals surface area contributed by atoms with Crippen LogP contribution in [0.1, 0.15) is 35.6 Å². The first-order chi connectivity index (χ1) is 9.55. The minimum atomic E-state index is -4.33. The number of alkyl halides is 3. The topological polar surface area (TPSA) is 30.7 Å². The van der Waals surface area contributed by atoms with Crippen molar-refractivity contribution < 1.29 is 13.2 Å². The highest BCUT2D eigenvalue weighted by Crippen LogP contribution is 2.32. The fraction of sp³-hybridized carbons (Fsp3) is 0.429. The van der Waals surface area contributed by atoms with E-state index in [1.54, 1.807) is 6.07 Å². The molecule has 0 bridgehead atoms. The molecule has 1 aliphatic heterocycles. The van der Waals surface area contributed by atoms with E-state index in [1.807, 2.05) is 4.57 Å². The molecule has 20 heavy (non-hydrogen) atoms. The summed E-state index contributed by atoms with van der Waals surface area (Å²) in [5.74, 6) is 1.51. The Morgan fingerprint density at radius 3 is 2.70 bits per heavy atom. The molecule has 1 aromatic heterocycles. The van der Waals surface area contributed by atoms with Crippen LogP contribution in [0.2, 0.25) is 0 Å². The molecule has 3 nitrogen and oxygen atoms in total. The van der Waals surface area contributed by atoms with Gasteiger partial charge in [0.1, 0.15) is 11.6 Å². The van der Waals surface area contributed by atoms with E-state index in [2.05, 4.69) is 10.2 Å². The van der Waals surface area contributed by atoms with Gasteiger partial charge in [0.05, 0.1) is 5.56 Å². The number of aromatic nitrogens is 3. The van der Waals surface area contributed by atoms with Crippen molar-refractivity contribution in [2.24, 2.45) is 0 Å². The summed E-state index contributed by atoms with van der Waals surface area (Å²) in [5.41, 5.74) is -0.339. The highest BCUT2D eigenvalue weighted by molar-refractivity contribution is 5.32. The Labute approximate surface area is 114 Å². The average Bonchev–Trinajstić information content (AvgIpc) is 2.82. The lowest BCUT2D eigenvalue weighted by Crippen LogP contribution is -2.15. The molecular weight excluding hydrogens is 267 g/mol. The van der Waals surface area contributed by atoms with Crippen LogP contribution >= 0.6 is 0 Å². The van der Waals surface area contributed by atoms with Crippen LogP contribution in [-0.4, -0.2) is 14.8 Å². The summed E-state index contributed by atoms with van der Waals surface area (Å²) in [4.78, 5) is 0. The zero-order valence-corrected chi connectivity index (χ0v) is 10.8. The Kier molecular flexibility index (Phi) is 3.23. The summed E-state index contributed by atoms with van der Waals surface area (Å²) < 4.78 is 40.9. The molecular formula is C14H14F3N3. The van der Waals surface area contributed by atoms with Gasteiger partial charge in [-0.05, 0) is 24.5 Å². The zero-order valence-electron chi connectivity index (χ0n) is 10.8. The third kappa shape index (κ3) is 2.42. The number of hydrogen-bond donors (Lipinski definition) is 0. The van der Waals surface area contributed by atoms with Crippen LogP contribution in [-0.2, 0) is 25.6 Å². The fourth-order valence-electron chi connectivity index (χ4n) is 2.62. The molecule has 0 amide bonds. The van der Waals surface area contributed by atoms with Gasteiger partial charge in [-0.3, -0.25) is 0 Å². The number of hydrogen-bond acceptors (Lipinski definition) is 2. The van der Waals surface area contributed by atoms with Crippen LogP contribution in [0, 0.1) is 0 Å². The standard InChI is InChI=1S/C14H14F3N3/c15-14(16,17)11-6-2-1-5-10(11)9-13-19-18-12-7-3-4-8-20(12)13/h1-2,5-6H,3-4,7-9H2. The van der Waals surface area contributed by atoms with Gasteiger partial charge in [-0.25, -0.2) is 0 Å². The summed E-state index contributed by atoms with van der Waals surface area (Å²) in [6.45, 7) is 0.797. The molecule has 0 unspecified atom stereocenters. The van der Waals surface area contributed by atoms with Gasteiger partial charge in [-0.15, -0.1) is 10.2 Å². The molecule has 6 heteroatoms. The molecule has 0 saturated heterocycles. The van der Waals surface area contributed by atoms with Gasteiger partial charge in [0.15, 0.2) is 0 Å². The van der Waals surface area contributed by atoms with Gasteiger partial charge >= 0.3 is 6.18 Å². The number of halogens is 3. The van der Waals surface area contributed by atoms with Crippen molar-refractivity contribution in [3.63, 3.8) is 0 Å². The van der Waals surface area contributed by atoms with Crippen molar-refractivity contribution >= 4 is 0 Å². The number of benzene rings is 1. The molecule has 0 spiro atoms. The summed E-state index contributed by atoms with van der Waals surface area (Å²) >= 11 is 0. The maximum Gasteiger partial charge on any atom is 0.416 e. The molecule has 0 radical (unpaired) electrons. The van der Waals surface area contributed by atoms with E-state index in [0.29, 0.717) is 5.82 Å². The highest BCUT2D eigenvalue weighted by atomic mass is 19.4. The maximum atomic E-state index is 13.0. The first-order valence-electron chi connectivity index (χ1n) is 6.62. The molecule has 0 fully saturated rings. The summed E-state index contributed by atoms with van der Waals surface area (Å²) in [6.07, 6.45) is -1.21. The average molecular weight is 281 g/mol. The second kappa shape index (κ2) is 4.92. The molecule has 0 aliphatic carbocycles. The Balaban J connectivity index is 1.94. The monoisotopic (exact) mass is 281 g/mol. The summed E-state index contributed by atoms with van der Waals surface area (Å²) in [5, 5.41) is 8.14. The number of rotatable bonds is 2. The predicted molar refractivity (Wildman–Crippen MR) is 67.2 cm³/mol. The maximum absolute atomic E-state index is 13.0. The van der Waals surface area contributed by atoms with E-state index in [-0.39, 0.29) is 12.0 Å². The van der Waals surface area contributed by atoms with Crippen molar-refractivity contribution in [2.75, 3.05) is 0 Å². The molecule has 3 rings (SSSR count). The van der Waals surface area contributed by atoms with Gasteiger partial charge < -0.3 is 4.57 Å². The lowest BCUT2D eigenvalue weighted by atomic mass is 10.0. The van der Waals surface area contributed by atoms with E-state index in [0.717, 1.165) is 37.7 Å². The number of aryl methyl sites for hydroxylation is 1. The van der Waals surface area contributed by atoms with Crippen LogP contribution in [0.25, 0.3) is 0 Å². The van der Waals surface area contributed by atoms with Crippen molar-refractivity contribution in [1.29, 1.82) is 0 Å². The molecule has 0 atom stereocenters. The molecule has 2 heterocycles. The second-order valence-corrected chi connectivity index (χ2v) is 4.97. The van der Waals surface area contributed by atoms with Crippen LogP contribution in [0.5, 0.6) is 0 Å². The smallest absolute Gasteiger partial charge is 0.315 e. The van der Waals surface area contributed by atoms with Crippen molar-refractivity contribution in [1.82, 2.24) is 14.8 Å². The number of fused-ring (bicyclic) bond motifs is 1. The summed E-state index contributed by atoms with van der Waals surface area (Å²) in [7, 11) is 0. The third-order valence-corrected chi connectivity index (χ3v) is 3.61. The lowest BCUT2D eigenvalue weighted by Gasteiger charge is -2.16. The SMILES string of the molecule is FC(F)(F)c1ccccc1Cc1nnc2n1CCCC2. The summed E-state index contributed by atoms with van der Waals surface area (Å²) in [6, 6.07) is 5.65. The van der Waals surface area contributed by atoms with Crippen LogP contribution in [0.3, 0.4) is 0 Å².